The van der Waals surface area contributed by atoms with Gasteiger partial charge in [-0.3, -0.25) is 14.5 Å². The molecule has 0 unspecified atom stereocenters. The largest absolute Gasteiger partial charge is 0.497 e. The van der Waals surface area contributed by atoms with Crippen molar-refractivity contribution in [2.24, 2.45) is 0 Å². The van der Waals surface area contributed by atoms with E-state index >= 15 is 0 Å². The van der Waals surface area contributed by atoms with Gasteiger partial charge in [0.15, 0.2) is 0 Å². The van der Waals surface area contributed by atoms with Gasteiger partial charge in [-0.15, -0.1) is 11.8 Å². The van der Waals surface area contributed by atoms with Crippen LogP contribution in [0.25, 0.3) is 0 Å². The minimum Gasteiger partial charge on any atom is -0.497 e. The van der Waals surface area contributed by atoms with E-state index in [9.17, 15) is 9.59 Å². The highest BCUT2D eigenvalue weighted by Crippen LogP contribution is 2.38. The van der Waals surface area contributed by atoms with Crippen LogP contribution in [0.15, 0.2) is 24.3 Å². The molecule has 0 saturated carbocycles. The maximum atomic E-state index is 13.0. The standard InChI is InChI=1S/C20H30N2O5S/c1-4-27-19(24)15-21(10-5-12-25-2)14-18(23)22-11-13-28-20(22)16-6-8-17(26-3)9-7-16/h6-9,20H,4-5,10-15H2,1-3H3/t20-/m1/s1. The Balaban J connectivity index is 2.01. The number of carbonyl (C=O) groups is 2. The molecule has 0 aromatic heterocycles. The van der Waals surface area contributed by atoms with Crippen LogP contribution in [0.2, 0.25) is 0 Å². The van der Waals surface area contributed by atoms with Crippen molar-refractivity contribution in [3.63, 3.8) is 0 Å². The van der Waals surface area contributed by atoms with Crippen molar-refractivity contribution in [1.82, 2.24) is 9.80 Å². The van der Waals surface area contributed by atoms with Crippen LogP contribution in [0.1, 0.15) is 24.3 Å². The number of hydrogen-bond donors (Lipinski definition) is 0. The van der Waals surface area contributed by atoms with Crippen molar-refractivity contribution in [2.75, 3.05) is 59.4 Å². The monoisotopic (exact) mass is 410 g/mol. The van der Waals surface area contributed by atoms with Crippen LogP contribution in [0.5, 0.6) is 5.75 Å². The molecule has 0 aliphatic carbocycles. The van der Waals surface area contributed by atoms with E-state index in [4.69, 9.17) is 14.2 Å². The summed E-state index contributed by atoms with van der Waals surface area (Å²) >= 11 is 1.75. The molecule has 156 valence electrons. The van der Waals surface area contributed by atoms with Gasteiger partial charge in [0.05, 0.1) is 26.8 Å². The Morgan fingerprint density at radius 2 is 1.96 bits per heavy atom. The Kier molecular flexibility index (Phi) is 9.60. The van der Waals surface area contributed by atoms with Gasteiger partial charge in [-0.25, -0.2) is 0 Å². The molecule has 0 N–H and O–H groups in total. The smallest absolute Gasteiger partial charge is 0.320 e. The minimum atomic E-state index is -0.310. The normalized spacial score (nSPS) is 16.4. The van der Waals surface area contributed by atoms with Gasteiger partial charge in [0, 0.05) is 32.6 Å². The molecular formula is C20H30N2O5S. The predicted molar refractivity (Wildman–Crippen MR) is 109 cm³/mol. The lowest BCUT2D eigenvalue weighted by atomic mass is 10.2. The molecule has 1 saturated heterocycles. The number of ether oxygens (including phenoxy) is 3. The van der Waals surface area contributed by atoms with Crippen molar-refractivity contribution in [3.8, 4) is 5.75 Å². The first-order valence-corrected chi connectivity index (χ1v) is 10.6. The van der Waals surface area contributed by atoms with Crippen LogP contribution in [-0.2, 0) is 19.1 Å². The molecule has 0 bridgehead atoms. The molecule has 1 aromatic carbocycles. The molecule has 1 atom stereocenters. The van der Waals surface area contributed by atoms with Crippen LogP contribution in [-0.4, -0.2) is 81.0 Å². The maximum absolute atomic E-state index is 13.0. The summed E-state index contributed by atoms with van der Waals surface area (Å²) in [6, 6.07) is 7.82. The third-order valence-corrected chi connectivity index (χ3v) is 5.71. The molecule has 1 aromatic rings. The van der Waals surface area contributed by atoms with Gasteiger partial charge in [-0.05, 0) is 31.0 Å². The molecule has 2 rings (SSSR count). The van der Waals surface area contributed by atoms with E-state index in [-0.39, 0.29) is 30.3 Å². The van der Waals surface area contributed by atoms with Gasteiger partial charge < -0.3 is 19.1 Å². The van der Waals surface area contributed by atoms with E-state index in [1.54, 1.807) is 32.9 Å². The predicted octanol–water partition coefficient (Wildman–Crippen LogP) is 2.17. The van der Waals surface area contributed by atoms with Crippen molar-refractivity contribution in [3.05, 3.63) is 29.8 Å². The second-order valence-electron chi connectivity index (χ2n) is 6.45. The number of rotatable bonds is 11. The third kappa shape index (κ3) is 6.68. The lowest BCUT2D eigenvalue weighted by Crippen LogP contribution is -2.42. The minimum absolute atomic E-state index is 0.0122. The van der Waals surface area contributed by atoms with Crippen LogP contribution < -0.4 is 4.74 Å². The topological polar surface area (TPSA) is 68.3 Å². The van der Waals surface area contributed by atoms with Crippen molar-refractivity contribution in [1.29, 1.82) is 0 Å². The molecule has 1 aliphatic heterocycles. The fourth-order valence-corrected chi connectivity index (χ4v) is 4.37. The summed E-state index contributed by atoms with van der Waals surface area (Å²) in [5.41, 5.74) is 1.08. The molecule has 0 spiro atoms. The van der Waals surface area contributed by atoms with Crippen molar-refractivity contribution >= 4 is 23.6 Å². The summed E-state index contributed by atoms with van der Waals surface area (Å²) in [5, 5.41) is -0.0122. The highest BCUT2D eigenvalue weighted by Gasteiger charge is 2.31. The average molecular weight is 411 g/mol. The number of amides is 1. The lowest BCUT2D eigenvalue weighted by Gasteiger charge is -2.28. The second-order valence-corrected chi connectivity index (χ2v) is 7.63. The van der Waals surface area contributed by atoms with Gasteiger partial charge in [0.2, 0.25) is 5.91 Å². The summed E-state index contributed by atoms with van der Waals surface area (Å²) in [7, 11) is 3.28. The molecule has 8 heteroatoms. The fourth-order valence-electron chi connectivity index (χ4n) is 3.09. The van der Waals surface area contributed by atoms with E-state index in [0.717, 1.165) is 23.5 Å². The number of carbonyl (C=O) groups excluding carboxylic acids is 2. The van der Waals surface area contributed by atoms with Crippen LogP contribution in [0.3, 0.4) is 0 Å². The summed E-state index contributed by atoms with van der Waals surface area (Å²) in [6.45, 7) is 4.30. The molecule has 1 amide bonds. The van der Waals surface area contributed by atoms with E-state index < -0.39 is 0 Å². The summed E-state index contributed by atoms with van der Waals surface area (Å²) in [5.74, 6) is 1.40. The Morgan fingerprint density at radius 1 is 1.21 bits per heavy atom. The SMILES string of the molecule is CCOC(=O)CN(CCCOC)CC(=O)N1CCS[C@@H]1c1ccc(OC)cc1. The summed E-state index contributed by atoms with van der Waals surface area (Å²) < 4.78 is 15.4. The molecular weight excluding hydrogens is 380 g/mol. The number of hydrogen-bond acceptors (Lipinski definition) is 7. The lowest BCUT2D eigenvalue weighted by molar-refractivity contribution is -0.145. The molecule has 28 heavy (non-hydrogen) atoms. The van der Waals surface area contributed by atoms with Crippen LogP contribution >= 0.6 is 11.8 Å². The third-order valence-electron chi connectivity index (χ3n) is 4.45. The Labute approximate surface area is 171 Å². The Morgan fingerprint density at radius 3 is 2.61 bits per heavy atom. The van der Waals surface area contributed by atoms with Gasteiger partial charge in [-0.1, -0.05) is 12.1 Å². The zero-order valence-corrected chi connectivity index (χ0v) is 17.7. The first-order chi connectivity index (χ1) is 13.6. The van der Waals surface area contributed by atoms with E-state index in [1.165, 1.54) is 0 Å². The van der Waals surface area contributed by atoms with Gasteiger partial charge in [-0.2, -0.15) is 0 Å². The zero-order chi connectivity index (χ0) is 20.4. The number of benzene rings is 1. The molecule has 1 fully saturated rings. The highest BCUT2D eigenvalue weighted by atomic mass is 32.2. The number of esters is 1. The van der Waals surface area contributed by atoms with Gasteiger partial charge in [0.25, 0.3) is 0 Å². The quantitative estimate of drug-likeness (QED) is 0.409. The number of thioether (sulfide) groups is 1. The van der Waals surface area contributed by atoms with Crippen molar-refractivity contribution < 1.29 is 23.8 Å². The van der Waals surface area contributed by atoms with E-state index in [2.05, 4.69) is 0 Å². The second kappa shape index (κ2) is 11.9. The zero-order valence-electron chi connectivity index (χ0n) is 16.9. The molecule has 1 aliphatic rings. The summed E-state index contributed by atoms with van der Waals surface area (Å²) in [6.07, 6.45) is 0.750. The fraction of sp³-hybridized carbons (Fsp3) is 0.600. The molecule has 7 nitrogen and oxygen atoms in total. The maximum Gasteiger partial charge on any atom is 0.320 e. The van der Waals surface area contributed by atoms with Crippen molar-refractivity contribution in [2.45, 2.75) is 18.7 Å². The van der Waals surface area contributed by atoms with Crippen LogP contribution in [0.4, 0.5) is 0 Å². The van der Waals surface area contributed by atoms with E-state index in [0.29, 0.717) is 26.3 Å². The Hall–Kier alpha value is -1.77. The van der Waals surface area contributed by atoms with Gasteiger partial charge >= 0.3 is 5.97 Å². The average Bonchev–Trinajstić information content (AvgIpc) is 3.18. The highest BCUT2D eigenvalue weighted by molar-refractivity contribution is 7.99. The first kappa shape index (κ1) is 22.5. The first-order valence-electron chi connectivity index (χ1n) is 9.51. The number of methoxy groups -OCH3 is 2. The molecule has 0 radical (unpaired) electrons. The van der Waals surface area contributed by atoms with Gasteiger partial charge in [0.1, 0.15) is 11.1 Å². The Bertz CT molecular complexity index is 626. The van der Waals surface area contributed by atoms with Crippen LogP contribution in [0, 0.1) is 0 Å². The summed E-state index contributed by atoms with van der Waals surface area (Å²) in [4.78, 5) is 28.6. The molecule has 1 heterocycles. The van der Waals surface area contributed by atoms with E-state index in [1.807, 2.05) is 34.1 Å². The number of nitrogens with zero attached hydrogens (tertiary/aromatic N) is 2.